The number of halogens is 1. The Balaban J connectivity index is 0.00000264. The average molecular weight is 433 g/mol. The Morgan fingerprint density at radius 2 is 1.91 bits per heavy atom. The lowest BCUT2D eigenvalue weighted by Crippen LogP contribution is -2.43. The second-order valence-corrected chi connectivity index (χ2v) is 5.56. The van der Waals surface area contributed by atoms with E-state index in [-0.39, 0.29) is 24.0 Å². The van der Waals surface area contributed by atoms with Crippen LogP contribution in [0, 0.1) is 0 Å². The van der Waals surface area contributed by atoms with E-state index in [4.69, 9.17) is 9.47 Å². The number of para-hydroxylation sites is 1. The van der Waals surface area contributed by atoms with Crippen LogP contribution in [0.4, 0.5) is 0 Å². The Hall–Kier alpha value is -1.18. The molecule has 130 valence electrons. The molecule has 0 aliphatic heterocycles. The van der Waals surface area contributed by atoms with Crippen molar-refractivity contribution in [3.05, 3.63) is 23.8 Å². The summed E-state index contributed by atoms with van der Waals surface area (Å²) in [5.74, 6) is 2.36. The van der Waals surface area contributed by atoms with Gasteiger partial charge >= 0.3 is 0 Å². The maximum absolute atomic E-state index is 5.46. The van der Waals surface area contributed by atoms with E-state index in [1.807, 2.05) is 18.2 Å². The van der Waals surface area contributed by atoms with Gasteiger partial charge < -0.3 is 20.1 Å². The average Bonchev–Trinajstić information content (AvgIpc) is 2.58. The smallest absolute Gasteiger partial charge is 0.191 e. The number of benzene rings is 1. The first-order valence-electron chi connectivity index (χ1n) is 7.95. The topological polar surface area (TPSA) is 54.9 Å². The molecule has 0 radical (unpaired) electrons. The minimum atomic E-state index is 0. The predicted octanol–water partition coefficient (Wildman–Crippen LogP) is 3.32. The zero-order valence-electron chi connectivity index (χ0n) is 14.2. The summed E-state index contributed by atoms with van der Waals surface area (Å²) in [5.41, 5.74) is 1.05. The fourth-order valence-electron chi connectivity index (χ4n) is 2.91. The molecule has 0 heterocycles. The highest BCUT2D eigenvalue weighted by atomic mass is 127. The zero-order valence-corrected chi connectivity index (χ0v) is 16.6. The largest absolute Gasteiger partial charge is 0.493 e. The van der Waals surface area contributed by atoms with Crippen LogP contribution in [-0.4, -0.2) is 33.3 Å². The number of aliphatic imine (C=N–C) groups is 1. The number of hydrogen-bond donors (Lipinski definition) is 2. The molecule has 2 N–H and O–H groups in total. The minimum Gasteiger partial charge on any atom is -0.493 e. The van der Waals surface area contributed by atoms with Crippen LogP contribution in [0.25, 0.3) is 0 Å². The van der Waals surface area contributed by atoms with Crippen molar-refractivity contribution < 1.29 is 9.47 Å². The molecule has 5 nitrogen and oxygen atoms in total. The molecule has 1 aliphatic carbocycles. The van der Waals surface area contributed by atoms with Gasteiger partial charge in [-0.2, -0.15) is 0 Å². The molecule has 1 aromatic rings. The standard InChI is InChI=1S/C17H27N3O2.HI/c1-18-17(20-14-9-5-4-6-10-14)19-12-13-8-7-11-15(21-2)16(13)22-3;/h7-8,11,14H,4-6,9-10,12H2,1-3H3,(H2,18,19,20);1H. The van der Waals surface area contributed by atoms with Crippen molar-refractivity contribution in [3.8, 4) is 11.5 Å². The Morgan fingerprint density at radius 3 is 2.52 bits per heavy atom. The van der Waals surface area contributed by atoms with Gasteiger partial charge in [0.1, 0.15) is 0 Å². The molecule has 0 aromatic heterocycles. The quantitative estimate of drug-likeness (QED) is 0.425. The summed E-state index contributed by atoms with van der Waals surface area (Å²) in [5, 5.41) is 6.87. The third-order valence-corrected chi connectivity index (χ3v) is 4.10. The van der Waals surface area contributed by atoms with E-state index < -0.39 is 0 Å². The van der Waals surface area contributed by atoms with Gasteiger partial charge in [-0.3, -0.25) is 4.99 Å². The number of nitrogens with one attached hydrogen (secondary N) is 2. The van der Waals surface area contributed by atoms with E-state index in [2.05, 4.69) is 15.6 Å². The van der Waals surface area contributed by atoms with E-state index in [0.29, 0.717) is 12.6 Å². The summed E-state index contributed by atoms with van der Waals surface area (Å²) in [7, 11) is 5.12. The number of ether oxygens (including phenoxy) is 2. The molecule has 1 aromatic carbocycles. The molecule has 1 fully saturated rings. The van der Waals surface area contributed by atoms with Crippen molar-refractivity contribution in [3.63, 3.8) is 0 Å². The van der Waals surface area contributed by atoms with Crippen LogP contribution in [0.1, 0.15) is 37.7 Å². The van der Waals surface area contributed by atoms with Crippen molar-refractivity contribution in [1.82, 2.24) is 10.6 Å². The van der Waals surface area contributed by atoms with Crippen molar-refractivity contribution in [2.75, 3.05) is 21.3 Å². The van der Waals surface area contributed by atoms with E-state index >= 15 is 0 Å². The van der Waals surface area contributed by atoms with Gasteiger partial charge in [0, 0.05) is 25.2 Å². The summed E-state index contributed by atoms with van der Waals surface area (Å²) in [6, 6.07) is 6.43. The zero-order chi connectivity index (χ0) is 15.8. The molecule has 1 aliphatic rings. The number of hydrogen-bond acceptors (Lipinski definition) is 3. The Kier molecular flexibility index (Phi) is 9.13. The molecule has 0 bridgehead atoms. The Labute approximate surface area is 156 Å². The SMILES string of the molecule is CN=C(NCc1cccc(OC)c1OC)NC1CCCCC1.I. The first-order valence-corrected chi connectivity index (χ1v) is 7.95. The van der Waals surface area contributed by atoms with Gasteiger partial charge in [-0.25, -0.2) is 0 Å². The third kappa shape index (κ3) is 5.75. The monoisotopic (exact) mass is 433 g/mol. The van der Waals surface area contributed by atoms with Gasteiger partial charge in [-0.05, 0) is 18.9 Å². The predicted molar refractivity (Wildman–Crippen MR) is 105 cm³/mol. The molecule has 23 heavy (non-hydrogen) atoms. The first kappa shape index (κ1) is 19.9. The molecule has 2 rings (SSSR count). The first-order chi connectivity index (χ1) is 10.8. The van der Waals surface area contributed by atoms with Gasteiger partial charge in [-0.15, -0.1) is 24.0 Å². The van der Waals surface area contributed by atoms with Crippen molar-refractivity contribution in [1.29, 1.82) is 0 Å². The third-order valence-electron chi connectivity index (χ3n) is 4.10. The van der Waals surface area contributed by atoms with Crippen LogP contribution in [0.3, 0.4) is 0 Å². The van der Waals surface area contributed by atoms with Crippen LogP contribution in [0.2, 0.25) is 0 Å². The summed E-state index contributed by atoms with van der Waals surface area (Å²) in [6.07, 6.45) is 6.41. The van der Waals surface area contributed by atoms with E-state index in [0.717, 1.165) is 23.0 Å². The fraction of sp³-hybridized carbons (Fsp3) is 0.588. The van der Waals surface area contributed by atoms with Crippen LogP contribution in [0.5, 0.6) is 11.5 Å². The highest BCUT2D eigenvalue weighted by Crippen LogP contribution is 2.30. The summed E-state index contributed by atoms with van der Waals surface area (Å²) < 4.78 is 10.8. The molecule has 0 amide bonds. The number of rotatable bonds is 5. The minimum absolute atomic E-state index is 0. The number of methoxy groups -OCH3 is 2. The van der Waals surface area contributed by atoms with Crippen LogP contribution in [-0.2, 0) is 6.54 Å². The molecular formula is C17H28IN3O2. The molecule has 0 spiro atoms. The van der Waals surface area contributed by atoms with Crippen LogP contribution in [0.15, 0.2) is 23.2 Å². The van der Waals surface area contributed by atoms with Crippen LogP contribution < -0.4 is 20.1 Å². The van der Waals surface area contributed by atoms with Gasteiger partial charge in [-0.1, -0.05) is 31.4 Å². The Bertz CT molecular complexity index is 503. The molecule has 0 unspecified atom stereocenters. The lowest BCUT2D eigenvalue weighted by molar-refractivity contribution is 0.351. The van der Waals surface area contributed by atoms with Crippen molar-refractivity contribution >= 4 is 29.9 Å². The fourth-order valence-corrected chi connectivity index (χ4v) is 2.91. The van der Waals surface area contributed by atoms with Crippen molar-refractivity contribution in [2.24, 2.45) is 4.99 Å². The van der Waals surface area contributed by atoms with Crippen LogP contribution >= 0.6 is 24.0 Å². The highest BCUT2D eigenvalue weighted by Gasteiger charge is 2.15. The molecule has 6 heteroatoms. The van der Waals surface area contributed by atoms with E-state index in [1.54, 1.807) is 21.3 Å². The van der Waals surface area contributed by atoms with Gasteiger partial charge in [0.05, 0.1) is 14.2 Å². The summed E-state index contributed by atoms with van der Waals surface area (Å²) in [4.78, 5) is 4.32. The second kappa shape index (κ2) is 10.6. The van der Waals surface area contributed by atoms with Gasteiger partial charge in [0.25, 0.3) is 0 Å². The molecule has 0 atom stereocenters. The highest BCUT2D eigenvalue weighted by molar-refractivity contribution is 14.0. The number of nitrogens with zero attached hydrogens (tertiary/aromatic N) is 1. The summed E-state index contributed by atoms with van der Waals surface area (Å²) >= 11 is 0. The number of guanidine groups is 1. The normalized spacial score (nSPS) is 15.5. The van der Waals surface area contributed by atoms with Gasteiger partial charge in [0.2, 0.25) is 0 Å². The van der Waals surface area contributed by atoms with Crippen molar-refractivity contribution in [2.45, 2.75) is 44.7 Å². The van der Waals surface area contributed by atoms with Gasteiger partial charge in [0.15, 0.2) is 17.5 Å². The second-order valence-electron chi connectivity index (χ2n) is 5.56. The Morgan fingerprint density at radius 1 is 1.17 bits per heavy atom. The van der Waals surface area contributed by atoms with E-state index in [9.17, 15) is 0 Å². The summed E-state index contributed by atoms with van der Waals surface area (Å²) in [6.45, 7) is 0.646. The maximum atomic E-state index is 5.46. The molecule has 1 saturated carbocycles. The lowest BCUT2D eigenvalue weighted by atomic mass is 9.96. The molecule has 0 saturated heterocycles. The van der Waals surface area contributed by atoms with E-state index in [1.165, 1.54) is 32.1 Å². The lowest BCUT2D eigenvalue weighted by Gasteiger charge is -2.25. The molecular weight excluding hydrogens is 405 g/mol. The maximum Gasteiger partial charge on any atom is 0.191 e.